The van der Waals surface area contributed by atoms with Crippen LogP contribution in [-0.4, -0.2) is 41.8 Å². The van der Waals surface area contributed by atoms with Crippen molar-refractivity contribution >= 4 is 17.7 Å². The van der Waals surface area contributed by atoms with Crippen LogP contribution in [0.15, 0.2) is 18.2 Å². The molecule has 0 saturated carbocycles. The van der Waals surface area contributed by atoms with E-state index >= 15 is 0 Å². The molecule has 6 nitrogen and oxygen atoms in total. The number of esters is 1. The molecule has 0 unspecified atom stereocenters. The normalized spacial score (nSPS) is 13.6. The number of carbonyl (C=O) groups is 2. The smallest absolute Gasteiger partial charge is 0.407 e. The molecule has 0 fully saturated rings. The molecule has 0 atom stereocenters. The fourth-order valence-electron chi connectivity index (χ4n) is 2.32. The number of carboxylic acid groups (broad SMARTS) is 1. The second kappa shape index (κ2) is 6.27. The number of nitrogens with zero attached hydrogens (tertiary/aromatic N) is 1. The van der Waals surface area contributed by atoms with Crippen LogP contribution >= 0.6 is 0 Å². The monoisotopic (exact) mass is 278 g/mol. The predicted molar refractivity (Wildman–Crippen MR) is 73.7 cm³/mol. The summed E-state index contributed by atoms with van der Waals surface area (Å²) < 4.78 is 4.87. The van der Waals surface area contributed by atoms with Gasteiger partial charge in [-0.1, -0.05) is 12.1 Å². The van der Waals surface area contributed by atoms with Crippen molar-refractivity contribution in [3.05, 3.63) is 29.3 Å². The lowest BCUT2D eigenvalue weighted by atomic mass is 9.98. The maximum absolute atomic E-state index is 11.4. The molecule has 2 rings (SSSR count). The van der Waals surface area contributed by atoms with Gasteiger partial charge < -0.3 is 20.1 Å². The highest BCUT2D eigenvalue weighted by atomic mass is 16.5. The Balaban J connectivity index is 2.07. The van der Waals surface area contributed by atoms with Gasteiger partial charge in [0.25, 0.3) is 0 Å². The quantitative estimate of drug-likeness (QED) is 0.819. The number of ether oxygens (including phenoxy) is 1. The van der Waals surface area contributed by atoms with Gasteiger partial charge in [0.15, 0.2) is 0 Å². The molecule has 1 amide bonds. The summed E-state index contributed by atoms with van der Waals surface area (Å²) in [6, 6.07) is 5.67. The molecule has 0 bridgehead atoms. The van der Waals surface area contributed by atoms with Gasteiger partial charge in [-0.2, -0.15) is 0 Å². The van der Waals surface area contributed by atoms with Crippen LogP contribution in [0.5, 0.6) is 0 Å². The highest BCUT2D eigenvalue weighted by Gasteiger charge is 2.21. The van der Waals surface area contributed by atoms with Gasteiger partial charge in [0.1, 0.15) is 6.54 Å². The van der Waals surface area contributed by atoms with E-state index in [2.05, 4.69) is 5.32 Å². The SMILES string of the molecule is CCOC(=O)CNc1cccc2c1CCN(C(=O)O)C2. The van der Waals surface area contributed by atoms with Crippen LogP contribution in [0.4, 0.5) is 10.5 Å². The largest absolute Gasteiger partial charge is 0.465 e. The minimum atomic E-state index is -0.902. The minimum Gasteiger partial charge on any atom is -0.465 e. The third-order valence-corrected chi connectivity index (χ3v) is 3.26. The lowest BCUT2D eigenvalue weighted by Gasteiger charge is -2.28. The van der Waals surface area contributed by atoms with Gasteiger partial charge in [-0.3, -0.25) is 4.79 Å². The second-order valence-corrected chi connectivity index (χ2v) is 4.56. The fraction of sp³-hybridized carbons (Fsp3) is 0.429. The molecule has 2 N–H and O–H groups in total. The zero-order valence-corrected chi connectivity index (χ0v) is 11.4. The standard InChI is InChI=1S/C14H18N2O4/c1-2-20-13(17)8-15-12-5-3-4-10-9-16(14(18)19)7-6-11(10)12/h3-5,15H,2,6-9H2,1H3,(H,18,19). The Labute approximate surface area is 117 Å². The first-order valence-corrected chi connectivity index (χ1v) is 6.60. The van der Waals surface area contributed by atoms with Crippen LogP contribution in [0.3, 0.4) is 0 Å². The summed E-state index contributed by atoms with van der Waals surface area (Å²) in [5.41, 5.74) is 2.93. The van der Waals surface area contributed by atoms with E-state index in [1.54, 1.807) is 6.92 Å². The van der Waals surface area contributed by atoms with E-state index in [4.69, 9.17) is 9.84 Å². The summed E-state index contributed by atoms with van der Waals surface area (Å²) in [6.45, 7) is 3.11. The first-order chi connectivity index (χ1) is 9.61. The molecule has 1 heterocycles. The predicted octanol–water partition coefficient (Wildman–Crippen LogP) is 1.70. The van der Waals surface area contributed by atoms with Crippen molar-refractivity contribution in [1.82, 2.24) is 4.90 Å². The molecule has 1 aromatic rings. The number of hydrogen-bond acceptors (Lipinski definition) is 4. The first kappa shape index (κ1) is 14.2. The Bertz CT molecular complexity index is 516. The maximum atomic E-state index is 11.4. The molecular weight excluding hydrogens is 260 g/mol. The lowest BCUT2D eigenvalue weighted by Crippen LogP contribution is -2.35. The van der Waals surface area contributed by atoms with E-state index in [-0.39, 0.29) is 12.5 Å². The molecule has 1 aliphatic rings. The Morgan fingerprint density at radius 2 is 2.25 bits per heavy atom. The molecule has 0 saturated heterocycles. The highest BCUT2D eigenvalue weighted by Crippen LogP contribution is 2.26. The average molecular weight is 278 g/mol. The second-order valence-electron chi connectivity index (χ2n) is 4.56. The van der Waals surface area contributed by atoms with Crippen LogP contribution in [0.2, 0.25) is 0 Å². The summed E-state index contributed by atoms with van der Waals surface area (Å²) in [6.07, 6.45) is -0.256. The number of benzene rings is 1. The van der Waals surface area contributed by atoms with Gasteiger partial charge in [0.2, 0.25) is 0 Å². The average Bonchev–Trinajstić information content (AvgIpc) is 2.44. The zero-order chi connectivity index (χ0) is 14.5. The van der Waals surface area contributed by atoms with Gasteiger partial charge in [0.05, 0.1) is 6.61 Å². The molecule has 1 aliphatic heterocycles. The molecule has 0 aromatic heterocycles. The van der Waals surface area contributed by atoms with Crippen LogP contribution in [0.25, 0.3) is 0 Å². The Kier molecular flexibility index (Phi) is 4.45. The molecule has 6 heteroatoms. The first-order valence-electron chi connectivity index (χ1n) is 6.60. The highest BCUT2D eigenvalue weighted by molar-refractivity contribution is 5.75. The molecule has 0 spiro atoms. The van der Waals surface area contributed by atoms with E-state index < -0.39 is 6.09 Å². The molecular formula is C14H18N2O4. The van der Waals surface area contributed by atoms with Crippen molar-refractivity contribution in [2.45, 2.75) is 19.9 Å². The van der Waals surface area contributed by atoms with Crippen molar-refractivity contribution in [3.63, 3.8) is 0 Å². The van der Waals surface area contributed by atoms with Crippen molar-refractivity contribution < 1.29 is 19.4 Å². The Hall–Kier alpha value is -2.24. The van der Waals surface area contributed by atoms with Crippen molar-refractivity contribution in [3.8, 4) is 0 Å². The number of fused-ring (bicyclic) bond motifs is 1. The third kappa shape index (κ3) is 3.20. The number of carbonyl (C=O) groups excluding carboxylic acids is 1. The summed E-state index contributed by atoms with van der Waals surface area (Å²) >= 11 is 0. The van der Waals surface area contributed by atoms with Crippen molar-refractivity contribution in [2.24, 2.45) is 0 Å². The maximum Gasteiger partial charge on any atom is 0.407 e. The van der Waals surface area contributed by atoms with Crippen LogP contribution in [0.1, 0.15) is 18.1 Å². The summed E-state index contributed by atoms with van der Waals surface area (Å²) in [5, 5.41) is 12.1. The number of anilines is 1. The third-order valence-electron chi connectivity index (χ3n) is 3.26. The fourth-order valence-corrected chi connectivity index (χ4v) is 2.32. The van der Waals surface area contributed by atoms with Crippen molar-refractivity contribution in [2.75, 3.05) is 25.0 Å². The van der Waals surface area contributed by atoms with E-state index in [9.17, 15) is 9.59 Å². The number of nitrogens with one attached hydrogen (secondary N) is 1. The Morgan fingerprint density at radius 3 is 2.95 bits per heavy atom. The molecule has 108 valence electrons. The van der Waals surface area contributed by atoms with Gasteiger partial charge >= 0.3 is 12.1 Å². The van der Waals surface area contributed by atoms with Crippen LogP contribution < -0.4 is 5.32 Å². The van der Waals surface area contributed by atoms with E-state index in [1.807, 2.05) is 18.2 Å². The van der Waals surface area contributed by atoms with E-state index in [0.717, 1.165) is 16.8 Å². The molecule has 1 aromatic carbocycles. The summed E-state index contributed by atoms with van der Waals surface area (Å²) in [7, 11) is 0. The van der Waals surface area contributed by atoms with Gasteiger partial charge in [-0.05, 0) is 30.5 Å². The summed E-state index contributed by atoms with van der Waals surface area (Å²) in [4.78, 5) is 23.7. The topological polar surface area (TPSA) is 78.9 Å². The molecule has 20 heavy (non-hydrogen) atoms. The molecule has 0 aliphatic carbocycles. The van der Waals surface area contributed by atoms with Gasteiger partial charge in [0, 0.05) is 18.8 Å². The zero-order valence-electron chi connectivity index (χ0n) is 11.4. The van der Waals surface area contributed by atoms with E-state index in [0.29, 0.717) is 26.1 Å². The van der Waals surface area contributed by atoms with Crippen molar-refractivity contribution in [1.29, 1.82) is 0 Å². The lowest BCUT2D eigenvalue weighted by molar-refractivity contribution is -0.140. The van der Waals surface area contributed by atoms with Crippen LogP contribution in [0, 0.1) is 0 Å². The minimum absolute atomic E-state index is 0.118. The van der Waals surface area contributed by atoms with Gasteiger partial charge in [-0.25, -0.2) is 4.79 Å². The van der Waals surface area contributed by atoms with Crippen LogP contribution in [-0.2, 0) is 22.5 Å². The van der Waals surface area contributed by atoms with E-state index in [1.165, 1.54) is 4.90 Å². The number of amides is 1. The van der Waals surface area contributed by atoms with Gasteiger partial charge in [-0.15, -0.1) is 0 Å². The number of hydrogen-bond donors (Lipinski definition) is 2. The Morgan fingerprint density at radius 1 is 1.45 bits per heavy atom. The number of rotatable bonds is 4. The summed E-state index contributed by atoms with van der Waals surface area (Å²) in [5.74, 6) is -0.298. The molecule has 0 radical (unpaired) electrons.